The molecule has 0 aliphatic heterocycles. The number of benzene rings is 17. The molecule has 27 rings (SSSR count). The van der Waals surface area contributed by atoms with Gasteiger partial charge < -0.3 is 9.80 Å². The van der Waals surface area contributed by atoms with E-state index < -0.39 is 0 Å². The average molecular weight is 1820 g/mol. The summed E-state index contributed by atoms with van der Waals surface area (Å²) < 4.78 is 5.42. The van der Waals surface area contributed by atoms with Gasteiger partial charge in [0.25, 0.3) is 0 Å². The van der Waals surface area contributed by atoms with Crippen LogP contribution >= 0.6 is 22.7 Å². The molecule has 0 amide bonds. The molecule has 4 atom stereocenters. The summed E-state index contributed by atoms with van der Waals surface area (Å²) in [5.74, 6) is 3.15. The third-order valence-corrected chi connectivity index (χ3v) is 36.4. The molecule has 678 valence electrons. The Balaban J connectivity index is 0.000000151. The molecule has 4 unspecified atom stereocenters. The van der Waals surface area contributed by atoms with E-state index in [4.69, 9.17) is 0 Å². The highest BCUT2D eigenvalue weighted by Crippen LogP contribution is 2.68. The zero-order chi connectivity index (χ0) is 93.8. The van der Waals surface area contributed by atoms with Gasteiger partial charge in [-0.25, -0.2) is 0 Å². The van der Waals surface area contributed by atoms with Crippen LogP contribution in [0.2, 0.25) is 0 Å². The number of aryl methyl sites for hydroxylation is 12. The van der Waals surface area contributed by atoms with Gasteiger partial charge in [0.05, 0.1) is 0 Å². The van der Waals surface area contributed by atoms with Crippen molar-refractivity contribution in [2.45, 2.75) is 182 Å². The lowest BCUT2D eigenvalue weighted by Gasteiger charge is -2.63. The van der Waals surface area contributed by atoms with E-state index in [9.17, 15) is 0 Å². The zero-order valence-corrected chi connectivity index (χ0v) is 83.8. The molecule has 19 aromatic rings. The molecule has 8 bridgehead atoms. The van der Waals surface area contributed by atoms with Crippen molar-refractivity contribution >= 4 is 154 Å². The van der Waals surface area contributed by atoms with E-state index in [1.54, 1.807) is 22.3 Å². The van der Waals surface area contributed by atoms with Crippen LogP contribution in [-0.4, -0.2) is 13.4 Å². The predicted molar refractivity (Wildman–Crippen MR) is 597 cm³/mol. The molecule has 8 aliphatic rings. The number of thiophene rings is 2. The van der Waals surface area contributed by atoms with E-state index in [2.05, 4.69) is 445 Å². The van der Waals surface area contributed by atoms with Crippen molar-refractivity contribution < 1.29 is 0 Å². The summed E-state index contributed by atoms with van der Waals surface area (Å²) in [7, 11) is 0. The van der Waals surface area contributed by atoms with Crippen LogP contribution in [0.25, 0.3) is 73.4 Å². The van der Waals surface area contributed by atoms with E-state index in [1.165, 1.54) is 284 Å². The summed E-state index contributed by atoms with van der Waals surface area (Å²) >= 11 is 3.85. The zero-order valence-electron chi connectivity index (χ0n) is 82.1. The maximum Gasteiger partial charge on any atom is 0.242 e. The first-order chi connectivity index (χ1) is 67.0. The molecule has 2 nitrogen and oxygen atoms in total. The molecule has 8 saturated carbocycles. The number of nitrogens with zero attached hydrogens (tertiary/aromatic N) is 2. The Morgan fingerprint density at radius 2 is 0.478 bits per heavy atom. The van der Waals surface area contributed by atoms with Crippen LogP contribution in [-0.2, 0) is 21.7 Å². The Labute approximate surface area is 826 Å². The monoisotopic (exact) mass is 1820 g/mol. The number of hydrogen-bond donors (Lipinski definition) is 0. The molecule has 0 saturated heterocycles. The van der Waals surface area contributed by atoms with Crippen molar-refractivity contribution in [1.29, 1.82) is 0 Å². The smallest absolute Gasteiger partial charge is 0.242 e. The minimum absolute atomic E-state index is 0.153. The fraction of sp³-hybridized carbons (Fsp3) is 0.242. The van der Waals surface area contributed by atoms with Crippen LogP contribution in [0.15, 0.2) is 352 Å². The third-order valence-electron chi connectivity index (χ3n) is 34.1. The second-order valence-electron chi connectivity index (χ2n) is 43.8. The molecule has 138 heavy (non-hydrogen) atoms. The number of fused-ring (bicyclic) bond motifs is 7. The largest absolute Gasteiger partial charge is 0.311 e. The Morgan fingerprint density at radius 3 is 0.797 bits per heavy atom. The summed E-state index contributed by atoms with van der Waals surface area (Å²) in [6.45, 7) is 27.7. The Kier molecular flexibility index (Phi) is 22.1. The minimum Gasteiger partial charge on any atom is -0.311 e. The molecule has 0 spiro atoms. The van der Waals surface area contributed by atoms with Gasteiger partial charge in [0, 0.05) is 63.7 Å². The van der Waals surface area contributed by atoms with E-state index in [0.717, 1.165) is 23.7 Å². The molecule has 0 N–H and O–H groups in total. The summed E-state index contributed by atoms with van der Waals surface area (Å²) in [6, 6.07) is 136. The highest BCUT2D eigenvalue weighted by atomic mass is 32.1. The molecular formula is C132H122B2N2S2. The number of rotatable bonds is 18. The van der Waals surface area contributed by atoms with E-state index in [1.807, 2.05) is 22.7 Å². The van der Waals surface area contributed by atoms with Crippen LogP contribution in [0.5, 0.6) is 0 Å². The first-order valence-electron chi connectivity index (χ1n) is 50.9. The minimum atomic E-state index is 0.153. The summed E-state index contributed by atoms with van der Waals surface area (Å²) in [6.07, 6.45) is 15.9. The molecule has 8 aliphatic carbocycles. The molecule has 2 aromatic heterocycles. The highest BCUT2D eigenvalue weighted by molar-refractivity contribution is 7.26. The third kappa shape index (κ3) is 15.6. The first-order valence-corrected chi connectivity index (χ1v) is 52.6. The summed E-state index contributed by atoms with van der Waals surface area (Å²) in [4.78, 5) is 4.81. The quantitative estimate of drug-likeness (QED) is 0.0790. The predicted octanol–water partition coefficient (Wildman–Crippen LogP) is 31.8. The van der Waals surface area contributed by atoms with Crippen LogP contribution in [0.3, 0.4) is 0 Å². The summed E-state index contributed by atoms with van der Waals surface area (Å²) in [5.41, 5.74) is 44.3. The Hall–Kier alpha value is -12.8. The number of anilines is 6. The molecule has 2 heterocycles. The molecule has 17 aromatic carbocycles. The highest BCUT2D eigenvalue weighted by Gasteiger charge is 2.60. The van der Waals surface area contributed by atoms with Crippen molar-refractivity contribution in [3.63, 3.8) is 0 Å². The van der Waals surface area contributed by atoms with Gasteiger partial charge in [-0.1, -0.05) is 342 Å². The first kappa shape index (κ1) is 87.9. The Morgan fingerprint density at radius 1 is 0.225 bits per heavy atom. The molecule has 0 radical (unpaired) electrons. The van der Waals surface area contributed by atoms with Crippen LogP contribution in [0.1, 0.15) is 166 Å². The molecule has 6 heteroatoms. The van der Waals surface area contributed by atoms with Crippen LogP contribution in [0.4, 0.5) is 34.1 Å². The maximum atomic E-state index is 2.53. The maximum absolute atomic E-state index is 2.53. The van der Waals surface area contributed by atoms with Gasteiger partial charge in [-0.05, 0) is 381 Å². The van der Waals surface area contributed by atoms with Gasteiger partial charge in [0.1, 0.15) is 0 Å². The van der Waals surface area contributed by atoms with Gasteiger partial charge >= 0.3 is 0 Å². The SMILES string of the molecule is Cc1cc(C)c(B(c2ccc3sc4ccc(-c5ccc(C67CC8CC(C6)CC(c6ccc(N(c9ccccc9)c9ccc%10ccccc%10c9)cc6)(C8)C7)cc5)cc4c3c2)c2c(C)cc(C)cc2C)c(C)c1.Cc1cc(C)c(B(c2ccc3sc4ccc(-c5ccc(C67CC8CC(C6)CC(c6ccc(N(c9ccccc9)c9ccccc9)cc6)(C8)C7)cc5)cc4c3c2)c2c(C)cc(C)cc2C)c(C)c1. The molecular weight excluding hydrogens is 1700 g/mol. The van der Waals surface area contributed by atoms with E-state index in [0.29, 0.717) is 0 Å². The Bertz CT molecular complexity index is 7690. The van der Waals surface area contributed by atoms with Crippen LogP contribution < -0.4 is 42.6 Å². The fourth-order valence-electron chi connectivity index (χ4n) is 29.6. The second kappa shape index (κ2) is 34.6. The molecule has 8 fully saturated rings. The van der Waals surface area contributed by atoms with Gasteiger partial charge in [-0.2, -0.15) is 0 Å². The van der Waals surface area contributed by atoms with Crippen molar-refractivity contribution in [2.75, 3.05) is 9.80 Å². The van der Waals surface area contributed by atoms with E-state index in [-0.39, 0.29) is 35.1 Å². The second-order valence-corrected chi connectivity index (χ2v) is 45.9. The number of hydrogen-bond acceptors (Lipinski definition) is 4. The van der Waals surface area contributed by atoms with Gasteiger partial charge in [0.2, 0.25) is 13.4 Å². The lowest BCUT2D eigenvalue weighted by Crippen LogP contribution is -2.55. The topological polar surface area (TPSA) is 6.48 Å². The van der Waals surface area contributed by atoms with E-state index >= 15 is 0 Å². The van der Waals surface area contributed by atoms with Gasteiger partial charge in [-0.15, -0.1) is 22.7 Å². The van der Waals surface area contributed by atoms with Crippen molar-refractivity contribution in [1.82, 2.24) is 0 Å². The van der Waals surface area contributed by atoms with Gasteiger partial charge in [0.15, 0.2) is 0 Å². The van der Waals surface area contributed by atoms with Crippen molar-refractivity contribution in [2.24, 2.45) is 23.7 Å². The fourth-order valence-corrected chi connectivity index (χ4v) is 31.8. The number of para-hydroxylation sites is 3. The average Bonchev–Trinajstić information content (AvgIpc) is 0.965. The summed E-state index contributed by atoms with van der Waals surface area (Å²) in [5, 5.41) is 7.98. The lowest BCUT2D eigenvalue weighted by atomic mass is 9.34. The van der Waals surface area contributed by atoms with Crippen LogP contribution in [0, 0.1) is 107 Å². The van der Waals surface area contributed by atoms with Crippen molar-refractivity contribution in [3.05, 3.63) is 441 Å². The normalized spacial score (nSPS) is 20.5. The standard InChI is InChI=1S/C68H62BNS.C64H60BNS/c1-43-30-45(3)65(46(4)31-43)69(66-47(5)32-44(2)33-48(66)6)57-24-29-64-62(37-57)61-36-54(19-28-63(61)71-64)52-16-20-55(21-17-52)67-38-49-34-50(39-67)41-68(40-49,42-67)56-22-26-59(27-23-56)70(58-14-8-7-9-15-58)60-25-18-51-12-10-11-13-53(51)35-60;1-41-29-43(3)61(44(4)30-41)65(62-45(5)31-42(2)32-46(62)6)53-24-28-60-58(35-53)57-34-50(19-27-59(57)67-60)49-17-20-51(21-18-49)63-36-47-33-48(37-63)39-64(38-47,40-63)52-22-25-56(26-23-52)66(54-13-9-7-10-14-54)55-15-11-8-12-16-55/h7-33,35-37,49-50H,34,38-42H2,1-6H3;7-32,34-35,47-48H,33,36-40H2,1-6H3. The van der Waals surface area contributed by atoms with Gasteiger partial charge in [-0.3, -0.25) is 0 Å². The lowest BCUT2D eigenvalue weighted by molar-refractivity contribution is -0.0282. The van der Waals surface area contributed by atoms with Crippen molar-refractivity contribution in [3.8, 4) is 22.3 Å².